The predicted molar refractivity (Wildman–Crippen MR) is 122 cm³/mol. The van der Waals surface area contributed by atoms with E-state index in [-0.39, 0.29) is 32.3 Å². The van der Waals surface area contributed by atoms with Gasteiger partial charge in [-0.15, -0.1) is 0 Å². The summed E-state index contributed by atoms with van der Waals surface area (Å²) in [5.74, 6) is -0.840. The number of carbonyl (C=O) groups excluding carboxylic acids is 1. The van der Waals surface area contributed by atoms with E-state index in [2.05, 4.69) is 0 Å². The van der Waals surface area contributed by atoms with Crippen molar-refractivity contribution >= 4 is 63.5 Å². The normalized spacial score (nSPS) is 16.4. The van der Waals surface area contributed by atoms with Gasteiger partial charge < -0.3 is 9.52 Å². The van der Waals surface area contributed by atoms with Crippen LogP contribution in [0.5, 0.6) is 0 Å². The van der Waals surface area contributed by atoms with Crippen LogP contribution in [0, 0.1) is 16.0 Å². The van der Waals surface area contributed by atoms with Gasteiger partial charge in [0.15, 0.2) is 0 Å². The van der Waals surface area contributed by atoms with Gasteiger partial charge in [0.2, 0.25) is 0 Å². The van der Waals surface area contributed by atoms with Gasteiger partial charge in [-0.25, -0.2) is 4.79 Å². The molecule has 2 heterocycles. The van der Waals surface area contributed by atoms with Crippen LogP contribution in [-0.4, -0.2) is 37.2 Å². The second kappa shape index (κ2) is 9.21. The monoisotopic (exact) mass is 480 g/mol. The van der Waals surface area contributed by atoms with Crippen molar-refractivity contribution in [2.75, 3.05) is 0 Å². The van der Waals surface area contributed by atoms with Gasteiger partial charge in [-0.05, 0) is 30.5 Å². The van der Waals surface area contributed by atoms with Crippen molar-refractivity contribution in [3.05, 3.63) is 56.1 Å². The number of hydrogen-bond acceptors (Lipinski definition) is 7. The Labute approximate surface area is 192 Å². The highest BCUT2D eigenvalue weighted by atomic mass is 35.5. The van der Waals surface area contributed by atoms with Crippen LogP contribution in [0.15, 0.2) is 39.7 Å². The number of rotatable bonds is 7. The summed E-state index contributed by atoms with van der Waals surface area (Å²) in [5.41, 5.74) is 0.320. The van der Waals surface area contributed by atoms with Gasteiger partial charge in [0.1, 0.15) is 21.9 Å². The lowest BCUT2D eigenvalue weighted by Crippen LogP contribution is -2.44. The molecule has 11 heteroatoms. The number of nitrogens with zero attached hydrogens (tertiary/aromatic N) is 2. The van der Waals surface area contributed by atoms with Crippen LogP contribution < -0.4 is 0 Å². The van der Waals surface area contributed by atoms with Crippen molar-refractivity contribution in [3.8, 4) is 11.3 Å². The third-order valence-corrected chi connectivity index (χ3v) is 6.09. The molecule has 31 heavy (non-hydrogen) atoms. The van der Waals surface area contributed by atoms with E-state index >= 15 is 0 Å². The zero-order chi connectivity index (χ0) is 22.9. The van der Waals surface area contributed by atoms with E-state index in [1.54, 1.807) is 12.1 Å². The fraction of sp³-hybridized carbons (Fsp3) is 0.250. The molecule has 0 saturated carbocycles. The molecule has 1 aromatic heterocycles. The fourth-order valence-corrected chi connectivity index (χ4v) is 4.64. The molecular formula is C20H17ClN2O6S2. The first-order chi connectivity index (χ1) is 14.6. The molecule has 1 aliphatic rings. The minimum atomic E-state index is -1.11. The molecule has 1 amide bonds. The van der Waals surface area contributed by atoms with Gasteiger partial charge >= 0.3 is 5.97 Å². The molecule has 2 aromatic rings. The van der Waals surface area contributed by atoms with Crippen LogP contribution in [0.4, 0.5) is 5.69 Å². The standard InChI is InChI=1S/C20H17ClN2O6S2/c1-10(2)7-15(19(25)26)22-18(24)17(31-20(22)30)9-12-4-6-16(29-12)13-5-3-11(23(27)28)8-14(13)21/h3-6,8-10,15H,7H2,1-2H3,(H,25,26)/b17-9+/t15-/m0/s1. The number of aliphatic carboxylic acids is 1. The molecule has 8 nitrogen and oxygen atoms in total. The average Bonchev–Trinajstić information content (AvgIpc) is 3.24. The van der Waals surface area contributed by atoms with E-state index < -0.39 is 22.8 Å². The Kier molecular flexibility index (Phi) is 6.83. The van der Waals surface area contributed by atoms with Gasteiger partial charge in [-0.3, -0.25) is 19.8 Å². The van der Waals surface area contributed by atoms with Crippen molar-refractivity contribution in [2.45, 2.75) is 26.3 Å². The quantitative estimate of drug-likeness (QED) is 0.248. The van der Waals surface area contributed by atoms with Crippen molar-refractivity contribution in [1.29, 1.82) is 0 Å². The summed E-state index contributed by atoms with van der Waals surface area (Å²) in [4.78, 5) is 36.2. The number of halogens is 1. The van der Waals surface area contributed by atoms with E-state index in [0.717, 1.165) is 16.7 Å². The summed E-state index contributed by atoms with van der Waals surface area (Å²) < 4.78 is 5.91. The number of non-ortho nitro benzene ring substituents is 1. The summed E-state index contributed by atoms with van der Waals surface area (Å²) in [7, 11) is 0. The Morgan fingerprint density at radius 2 is 2.10 bits per heavy atom. The summed E-state index contributed by atoms with van der Waals surface area (Å²) in [6.07, 6.45) is 1.76. The highest BCUT2D eigenvalue weighted by molar-refractivity contribution is 8.26. The molecule has 0 bridgehead atoms. The van der Waals surface area contributed by atoms with Crippen LogP contribution in [0.3, 0.4) is 0 Å². The van der Waals surface area contributed by atoms with E-state index in [1.807, 2.05) is 13.8 Å². The number of carboxylic acid groups (broad SMARTS) is 1. The smallest absolute Gasteiger partial charge is 0.326 e. The Balaban J connectivity index is 1.86. The number of nitro benzene ring substituents is 1. The van der Waals surface area contributed by atoms with Gasteiger partial charge in [0, 0.05) is 23.8 Å². The second-order valence-electron chi connectivity index (χ2n) is 7.16. The first kappa shape index (κ1) is 23.0. The average molecular weight is 481 g/mol. The number of carboxylic acids is 1. The number of hydrogen-bond donors (Lipinski definition) is 1. The van der Waals surface area contributed by atoms with Crippen molar-refractivity contribution in [1.82, 2.24) is 4.90 Å². The van der Waals surface area contributed by atoms with Crippen LogP contribution in [0.25, 0.3) is 17.4 Å². The Bertz CT molecular complexity index is 1110. The molecule has 0 radical (unpaired) electrons. The fourth-order valence-electron chi connectivity index (χ4n) is 3.03. The number of thioether (sulfide) groups is 1. The summed E-state index contributed by atoms with van der Waals surface area (Å²) in [5, 5.41) is 20.6. The lowest BCUT2D eigenvalue weighted by atomic mass is 10.0. The maximum Gasteiger partial charge on any atom is 0.326 e. The van der Waals surface area contributed by atoms with E-state index in [9.17, 15) is 24.8 Å². The van der Waals surface area contributed by atoms with Gasteiger partial charge in [-0.2, -0.15) is 0 Å². The molecule has 1 atom stereocenters. The minimum absolute atomic E-state index is 0.0637. The molecule has 1 aromatic carbocycles. The largest absolute Gasteiger partial charge is 0.480 e. The minimum Gasteiger partial charge on any atom is -0.480 e. The highest BCUT2D eigenvalue weighted by Gasteiger charge is 2.40. The second-order valence-corrected chi connectivity index (χ2v) is 9.24. The number of amides is 1. The van der Waals surface area contributed by atoms with Gasteiger partial charge in [0.25, 0.3) is 11.6 Å². The predicted octanol–water partition coefficient (Wildman–Crippen LogP) is 5.21. The SMILES string of the molecule is CC(C)C[C@@H](C(=O)O)N1C(=O)/C(=C\c2ccc(-c3ccc([N+](=O)[O-])cc3Cl)o2)SC1=S. The number of benzene rings is 1. The summed E-state index contributed by atoms with van der Waals surface area (Å²) in [6.45, 7) is 3.74. The van der Waals surface area contributed by atoms with Crippen LogP contribution in [-0.2, 0) is 9.59 Å². The third kappa shape index (κ3) is 4.97. The van der Waals surface area contributed by atoms with Crippen molar-refractivity contribution in [3.63, 3.8) is 0 Å². The Hall–Kier alpha value is -2.69. The molecule has 0 aliphatic carbocycles. The number of furan rings is 1. The lowest BCUT2D eigenvalue weighted by Gasteiger charge is -2.24. The molecule has 0 spiro atoms. The molecule has 3 rings (SSSR count). The Morgan fingerprint density at radius 3 is 2.68 bits per heavy atom. The number of carbonyl (C=O) groups is 2. The zero-order valence-corrected chi connectivity index (χ0v) is 18.8. The zero-order valence-electron chi connectivity index (χ0n) is 16.4. The number of thiocarbonyl (C=S) groups is 1. The van der Waals surface area contributed by atoms with Crippen molar-refractivity contribution in [2.24, 2.45) is 5.92 Å². The van der Waals surface area contributed by atoms with E-state index in [0.29, 0.717) is 17.1 Å². The molecule has 1 N–H and O–H groups in total. The molecule has 0 unspecified atom stereocenters. The van der Waals surface area contributed by atoms with E-state index in [1.165, 1.54) is 24.3 Å². The topological polar surface area (TPSA) is 114 Å². The van der Waals surface area contributed by atoms with Gasteiger partial charge in [-0.1, -0.05) is 49.4 Å². The lowest BCUT2D eigenvalue weighted by molar-refractivity contribution is -0.384. The molecule has 162 valence electrons. The molecule has 1 fully saturated rings. The van der Waals surface area contributed by atoms with Crippen LogP contribution in [0.2, 0.25) is 5.02 Å². The van der Waals surface area contributed by atoms with Gasteiger partial charge in [0.05, 0.1) is 14.9 Å². The van der Waals surface area contributed by atoms with Crippen LogP contribution >= 0.6 is 35.6 Å². The Morgan fingerprint density at radius 1 is 1.39 bits per heavy atom. The molecule has 1 saturated heterocycles. The van der Waals surface area contributed by atoms with Crippen LogP contribution in [0.1, 0.15) is 26.0 Å². The maximum atomic E-state index is 12.8. The van der Waals surface area contributed by atoms with E-state index in [4.69, 9.17) is 28.2 Å². The first-order valence-corrected chi connectivity index (χ1v) is 10.7. The number of nitro groups is 1. The maximum absolute atomic E-state index is 12.8. The third-order valence-electron chi connectivity index (χ3n) is 4.44. The molecule has 1 aliphatic heterocycles. The highest BCUT2D eigenvalue weighted by Crippen LogP contribution is 2.37. The summed E-state index contributed by atoms with van der Waals surface area (Å²) >= 11 is 12.4. The summed E-state index contributed by atoms with van der Waals surface area (Å²) in [6, 6.07) is 6.22. The molecular weight excluding hydrogens is 464 g/mol. The first-order valence-electron chi connectivity index (χ1n) is 9.12. The van der Waals surface area contributed by atoms with Crippen molar-refractivity contribution < 1.29 is 24.0 Å².